The molecule has 0 bridgehead atoms. The lowest BCUT2D eigenvalue weighted by Gasteiger charge is -2.34. The minimum absolute atomic E-state index is 0.499. The molecule has 0 radical (unpaired) electrons. The van der Waals surface area contributed by atoms with Crippen LogP contribution in [0.5, 0.6) is 0 Å². The zero-order valence-corrected chi connectivity index (χ0v) is 10.1. The lowest BCUT2D eigenvalue weighted by atomic mass is 9.92. The summed E-state index contributed by atoms with van der Waals surface area (Å²) in [6.07, 6.45) is 5.20. The van der Waals surface area contributed by atoms with Crippen LogP contribution >= 0.6 is 11.8 Å². The monoisotopic (exact) mass is 202 g/mol. The first-order valence-corrected chi connectivity index (χ1v) is 6.58. The van der Waals surface area contributed by atoms with Gasteiger partial charge in [0.25, 0.3) is 0 Å². The van der Waals surface area contributed by atoms with E-state index in [1.165, 1.54) is 12.8 Å². The van der Waals surface area contributed by atoms with Crippen molar-refractivity contribution in [2.75, 3.05) is 12.9 Å². The van der Waals surface area contributed by atoms with Crippen LogP contribution < -0.4 is 0 Å². The van der Waals surface area contributed by atoms with E-state index < -0.39 is 0 Å². The van der Waals surface area contributed by atoms with Crippen LogP contribution in [0.1, 0.15) is 33.6 Å². The Balaban J connectivity index is 2.47. The summed E-state index contributed by atoms with van der Waals surface area (Å²) in [5.41, 5.74) is 0. The topological polar surface area (TPSA) is 9.23 Å². The molecule has 2 unspecified atom stereocenters. The van der Waals surface area contributed by atoms with Crippen LogP contribution in [-0.4, -0.2) is 24.2 Å². The molecule has 1 fully saturated rings. The number of hydrogen-bond acceptors (Lipinski definition) is 2. The molecular formula is C11H22OS. The number of thioether (sulfide) groups is 1. The highest BCUT2D eigenvalue weighted by Gasteiger charge is 2.28. The SMILES string of the molecule is CSC(C(C)C)C1C[C@H](C)CCO1. The molecule has 0 aliphatic carbocycles. The molecule has 1 saturated heterocycles. The van der Waals surface area contributed by atoms with Gasteiger partial charge in [-0.25, -0.2) is 0 Å². The smallest absolute Gasteiger partial charge is 0.0698 e. The molecule has 0 amide bonds. The molecule has 0 saturated carbocycles. The maximum absolute atomic E-state index is 5.84. The van der Waals surface area contributed by atoms with E-state index in [0.717, 1.165) is 18.4 Å². The van der Waals surface area contributed by atoms with Gasteiger partial charge in [-0.15, -0.1) is 0 Å². The summed E-state index contributed by atoms with van der Waals surface area (Å²) in [6, 6.07) is 0. The highest BCUT2D eigenvalue weighted by Crippen LogP contribution is 2.30. The molecule has 2 heteroatoms. The van der Waals surface area contributed by atoms with Gasteiger partial charge in [-0.1, -0.05) is 20.8 Å². The van der Waals surface area contributed by atoms with Crippen molar-refractivity contribution in [2.24, 2.45) is 11.8 Å². The molecule has 1 aliphatic heterocycles. The lowest BCUT2D eigenvalue weighted by molar-refractivity contribution is -0.0114. The summed E-state index contributed by atoms with van der Waals surface area (Å²) in [6.45, 7) is 7.90. The molecule has 0 aromatic heterocycles. The van der Waals surface area contributed by atoms with E-state index in [-0.39, 0.29) is 0 Å². The fourth-order valence-corrected chi connectivity index (χ4v) is 3.12. The van der Waals surface area contributed by atoms with Gasteiger partial charge < -0.3 is 4.74 Å². The molecule has 13 heavy (non-hydrogen) atoms. The van der Waals surface area contributed by atoms with Crippen LogP contribution in [0.2, 0.25) is 0 Å². The van der Waals surface area contributed by atoms with Crippen molar-refractivity contribution in [3.8, 4) is 0 Å². The Morgan fingerprint density at radius 2 is 2.08 bits per heavy atom. The van der Waals surface area contributed by atoms with Gasteiger partial charge in [0.05, 0.1) is 6.10 Å². The van der Waals surface area contributed by atoms with E-state index in [2.05, 4.69) is 27.0 Å². The van der Waals surface area contributed by atoms with Crippen molar-refractivity contribution in [3.63, 3.8) is 0 Å². The maximum atomic E-state index is 5.84. The van der Waals surface area contributed by atoms with Gasteiger partial charge in [-0.05, 0) is 30.9 Å². The summed E-state index contributed by atoms with van der Waals surface area (Å²) in [5, 5.41) is 0.683. The molecule has 0 spiro atoms. The third-order valence-electron chi connectivity index (χ3n) is 2.87. The minimum atomic E-state index is 0.499. The third-order valence-corrected chi connectivity index (χ3v) is 4.27. The second kappa shape index (κ2) is 5.26. The molecule has 78 valence electrons. The Bertz CT molecular complexity index is 147. The average molecular weight is 202 g/mol. The van der Waals surface area contributed by atoms with E-state index in [1.807, 2.05) is 11.8 Å². The molecule has 3 atom stereocenters. The Morgan fingerprint density at radius 1 is 1.38 bits per heavy atom. The van der Waals surface area contributed by atoms with Crippen molar-refractivity contribution in [3.05, 3.63) is 0 Å². The first-order chi connectivity index (χ1) is 6.15. The fourth-order valence-electron chi connectivity index (χ4n) is 2.09. The van der Waals surface area contributed by atoms with E-state index in [9.17, 15) is 0 Å². The van der Waals surface area contributed by atoms with Gasteiger partial charge in [0.2, 0.25) is 0 Å². The normalized spacial score (nSPS) is 32.1. The number of rotatable bonds is 3. The molecule has 1 nitrogen and oxygen atoms in total. The second-order valence-electron chi connectivity index (χ2n) is 4.48. The number of hydrogen-bond donors (Lipinski definition) is 0. The van der Waals surface area contributed by atoms with Crippen LogP contribution in [0, 0.1) is 11.8 Å². The van der Waals surface area contributed by atoms with Gasteiger partial charge in [0.1, 0.15) is 0 Å². The maximum Gasteiger partial charge on any atom is 0.0698 e. The Kier molecular flexibility index (Phi) is 4.60. The lowest BCUT2D eigenvalue weighted by Crippen LogP contribution is -2.36. The summed E-state index contributed by atoms with van der Waals surface area (Å²) < 4.78 is 5.84. The predicted octanol–water partition coefficient (Wildman–Crippen LogP) is 3.19. The van der Waals surface area contributed by atoms with Crippen LogP contribution in [0.25, 0.3) is 0 Å². The van der Waals surface area contributed by atoms with E-state index in [0.29, 0.717) is 11.4 Å². The van der Waals surface area contributed by atoms with E-state index in [1.54, 1.807) is 0 Å². The third kappa shape index (κ3) is 3.17. The molecule has 0 aromatic carbocycles. The minimum Gasteiger partial charge on any atom is -0.377 e. The van der Waals surface area contributed by atoms with Gasteiger partial charge >= 0.3 is 0 Å². The van der Waals surface area contributed by atoms with Crippen molar-refractivity contribution in [2.45, 2.75) is 45.0 Å². The summed E-state index contributed by atoms with van der Waals surface area (Å²) in [5.74, 6) is 1.58. The largest absolute Gasteiger partial charge is 0.377 e. The second-order valence-corrected chi connectivity index (χ2v) is 5.50. The van der Waals surface area contributed by atoms with Gasteiger partial charge in [0.15, 0.2) is 0 Å². The van der Waals surface area contributed by atoms with Gasteiger partial charge in [0, 0.05) is 11.9 Å². The van der Waals surface area contributed by atoms with Gasteiger partial charge in [-0.2, -0.15) is 11.8 Å². The predicted molar refractivity (Wildman–Crippen MR) is 60.3 cm³/mol. The zero-order chi connectivity index (χ0) is 9.84. The Morgan fingerprint density at radius 3 is 2.54 bits per heavy atom. The van der Waals surface area contributed by atoms with Crippen LogP contribution in [0.3, 0.4) is 0 Å². The average Bonchev–Trinajstić information content (AvgIpc) is 2.04. The van der Waals surface area contributed by atoms with E-state index in [4.69, 9.17) is 4.74 Å². The molecule has 0 N–H and O–H groups in total. The molecular weight excluding hydrogens is 180 g/mol. The van der Waals surface area contributed by atoms with Crippen molar-refractivity contribution < 1.29 is 4.74 Å². The molecule has 1 aliphatic rings. The number of ether oxygens (including phenoxy) is 1. The Hall–Kier alpha value is 0.310. The molecule has 0 aromatic rings. The molecule has 1 heterocycles. The summed E-state index contributed by atoms with van der Waals surface area (Å²) in [4.78, 5) is 0. The standard InChI is InChI=1S/C11H22OS/c1-8(2)11(13-4)10-7-9(3)5-6-12-10/h8-11H,5-7H2,1-4H3/t9-,10?,11?/m1/s1. The van der Waals surface area contributed by atoms with Crippen molar-refractivity contribution in [1.29, 1.82) is 0 Å². The van der Waals surface area contributed by atoms with Crippen molar-refractivity contribution in [1.82, 2.24) is 0 Å². The first kappa shape index (κ1) is 11.4. The Labute approximate surface area is 86.6 Å². The highest BCUT2D eigenvalue weighted by atomic mass is 32.2. The van der Waals surface area contributed by atoms with Crippen LogP contribution in [0.15, 0.2) is 0 Å². The summed E-state index contributed by atoms with van der Waals surface area (Å²) >= 11 is 1.96. The fraction of sp³-hybridized carbons (Fsp3) is 1.00. The van der Waals surface area contributed by atoms with E-state index >= 15 is 0 Å². The van der Waals surface area contributed by atoms with Gasteiger partial charge in [-0.3, -0.25) is 0 Å². The van der Waals surface area contributed by atoms with Crippen LogP contribution in [0.4, 0.5) is 0 Å². The van der Waals surface area contributed by atoms with Crippen molar-refractivity contribution >= 4 is 11.8 Å². The van der Waals surface area contributed by atoms with Crippen LogP contribution in [-0.2, 0) is 4.74 Å². The highest BCUT2D eigenvalue weighted by molar-refractivity contribution is 7.99. The first-order valence-electron chi connectivity index (χ1n) is 5.29. The zero-order valence-electron chi connectivity index (χ0n) is 9.25. The quantitative estimate of drug-likeness (QED) is 0.695. The molecule has 1 rings (SSSR count). The summed E-state index contributed by atoms with van der Waals surface area (Å²) in [7, 11) is 0.